The van der Waals surface area contributed by atoms with Crippen molar-refractivity contribution in [3.05, 3.63) is 33.8 Å². The van der Waals surface area contributed by atoms with E-state index < -0.39 is 0 Å². The van der Waals surface area contributed by atoms with Gasteiger partial charge in [0.25, 0.3) is 0 Å². The summed E-state index contributed by atoms with van der Waals surface area (Å²) in [5, 5.41) is 4.90. The predicted octanol–water partition coefficient (Wildman–Crippen LogP) is 4.21. The van der Waals surface area contributed by atoms with E-state index in [1.807, 2.05) is 12.1 Å². The fourth-order valence-corrected chi connectivity index (χ4v) is 3.24. The van der Waals surface area contributed by atoms with Gasteiger partial charge in [-0.05, 0) is 56.4 Å². The van der Waals surface area contributed by atoms with Gasteiger partial charge >= 0.3 is 0 Å². The van der Waals surface area contributed by atoms with E-state index in [1.54, 1.807) is 0 Å². The molecule has 0 bridgehead atoms. The van der Waals surface area contributed by atoms with Crippen LogP contribution in [-0.2, 0) is 6.54 Å². The Labute approximate surface area is 132 Å². The monoisotopic (exact) mass is 314 g/mol. The highest BCUT2D eigenvalue weighted by Crippen LogP contribution is 2.27. The maximum Gasteiger partial charge on any atom is 0.0637 e. The van der Waals surface area contributed by atoms with Crippen LogP contribution in [0.25, 0.3) is 0 Å². The Kier molecular flexibility index (Phi) is 6.63. The van der Waals surface area contributed by atoms with Crippen LogP contribution >= 0.6 is 23.2 Å². The Morgan fingerprint density at radius 1 is 1.35 bits per heavy atom. The zero-order valence-corrected chi connectivity index (χ0v) is 13.7. The number of nitrogens with zero attached hydrogens (tertiary/aromatic N) is 1. The molecule has 0 amide bonds. The first-order valence-electron chi connectivity index (χ1n) is 7.56. The van der Waals surface area contributed by atoms with Crippen molar-refractivity contribution in [1.82, 2.24) is 10.2 Å². The van der Waals surface area contributed by atoms with Crippen LogP contribution in [-0.4, -0.2) is 31.1 Å². The lowest BCUT2D eigenvalue weighted by molar-refractivity contribution is 0.165. The molecule has 1 unspecified atom stereocenters. The van der Waals surface area contributed by atoms with Crippen LogP contribution in [0.1, 0.15) is 31.7 Å². The summed E-state index contributed by atoms with van der Waals surface area (Å²) in [6, 6.07) is 5.90. The molecular weight excluding hydrogens is 291 g/mol. The number of hydrogen-bond donors (Lipinski definition) is 1. The van der Waals surface area contributed by atoms with E-state index in [0.29, 0.717) is 10.0 Å². The highest BCUT2D eigenvalue weighted by atomic mass is 35.5. The molecular formula is C16H24Cl2N2. The van der Waals surface area contributed by atoms with Crippen molar-refractivity contribution in [1.29, 1.82) is 0 Å². The molecule has 20 heavy (non-hydrogen) atoms. The zero-order valence-electron chi connectivity index (χ0n) is 12.2. The molecule has 1 fully saturated rings. The second kappa shape index (κ2) is 8.23. The van der Waals surface area contributed by atoms with Crippen molar-refractivity contribution in [2.45, 2.75) is 32.7 Å². The van der Waals surface area contributed by atoms with Gasteiger partial charge in [0, 0.05) is 13.1 Å². The van der Waals surface area contributed by atoms with Gasteiger partial charge in [-0.2, -0.15) is 0 Å². The molecule has 0 spiro atoms. The molecule has 1 saturated heterocycles. The number of piperidine rings is 1. The van der Waals surface area contributed by atoms with Crippen molar-refractivity contribution in [2.24, 2.45) is 5.92 Å². The van der Waals surface area contributed by atoms with E-state index in [0.717, 1.165) is 44.2 Å². The highest BCUT2D eigenvalue weighted by molar-refractivity contribution is 6.42. The van der Waals surface area contributed by atoms with Crippen molar-refractivity contribution in [3.8, 4) is 0 Å². The summed E-state index contributed by atoms with van der Waals surface area (Å²) in [7, 11) is 0. The number of likely N-dealkylation sites (tertiary alicyclic amines) is 1. The maximum atomic E-state index is 6.28. The van der Waals surface area contributed by atoms with Crippen molar-refractivity contribution >= 4 is 23.2 Å². The number of nitrogens with one attached hydrogen (secondary N) is 1. The lowest BCUT2D eigenvalue weighted by atomic mass is 9.97. The SMILES string of the molecule is CCCNCC1CCCN(Cc2cccc(Cl)c2Cl)C1. The molecule has 1 aromatic carbocycles. The Bertz CT molecular complexity index is 423. The molecule has 1 aliphatic heterocycles. The third kappa shape index (κ3) is 4.63. The minimum Gasteiger partial charge on any atom is -0.316 e. The lowest BCUT2D eigenvalue weighted by Gasteiger charge is -2.33. The topological polar surface area (TPSA) is 15.3 Å². The van der Waals surface area contributed by atoms with E-state index in [2.05, 4.69) is 23.2 Å². The van der Waals surface area contributed by atoms with E-state index in [4.69, 9.17) is 23.2 Å². The number of benzene rings is 1. The van der Waals surface area contributed by atoms with Crippen LogP contribution in [0.2, 0.25) is 10.0 Å². The minimum atomic E-state index is 0.655. The van der Waals surface area contributed by atoms with Crippen molar-refractivity contribution in [3.63, 3.8) is 0 Å². The van der Waals surface area contributed by atoms with Crippen LogP contribution < -0.4 is 5.32 Å². The summed E-state index contributed by atoms with van der Waals surface area (Å²) in [6.07, 6.45) is 3.81. The molecule has 4 heteroatoms. The third-order valence-corrected chi connectivity index (χ3v) is 4.75. The van der Waals surface area contributed by atoms with Gasteiger partial charge in [0.05, 0.1) is 10.0 Å². The molecule has 0 aliphatic carbocycles. The van der Waals surface area contributed by atoms with Crippen LogP contribution in [0.15, 0.2) is 18.2 Å². The van der Waals surface area contributed by atoms with E-state index >= 15 is 0 Å². The van der Waals surface area contributed by atoms with Gasteiger partial charge < -0.3 is 5.32 Å². The summed E-state index contributed by atoms with van der Waals surface area (Å²) >= 11 is 12.4. The number of hydrogen-bond acceptors (Lipinski definition) is 2. The van der Waals surface area contributed by atoms with Gasteiger partial charge in [0.15, 0.2) is 0 Å². The molecule has 2 nitrogen and oxygen atoms in total. The third-order valence-electron chi connectivity index (χ3n) is 3.89. The molecule has 0 aromatic heterocycles. The average Bonchev–Trinajstić information content (AvgIpc) is 2.45. The van der Waals surface area contributed by atoms with E-state index in [-0.39, 0.29) is 0 Å². The van der Waals surface area contributed by atoms with Crippen LogP contribution in [0.3, 0.4) is 0 Å². The largest absolute Gasteiger partial charge is 0.316 e. The molecule has 1 aromatic rings. The Hall–Kier alpha value is -0.280. The van der Waals surface area contributed by atoms with Crippen LogP contribution in [0.5, 0.6) is 0 Å². The first-order chi connectivity index (χ1) is 9.70. The van der Waals surface area contributed by atoms with Crippen molar-refractivity contribution in [2.75, 3.05) is 26.2 Å². The van der Waals surface area contributed by atoms with Gasteiger partial charge in [0.2, 0.25) is 0 Å². The second-order valence-electron chi connectivity index (χ2n) is 5.66. The Morgan fingerprint density at radius 2 is 2.20 bits per heavy atom. The summed E-state index contributed by atoms with van der Waals surface area (Å²) in [6.45, 7) is 7.68. The van der Waals surface area contributed by atoms with Crippen LogP contribution in [0.4, 0.5) is 0 Å². The molecule has 0 saturated carbocycles. The molecule has 1 N–H and O–H groups in total. The minimum absolute atomic E-state index is 0.655. The lowest BCUT2D eigenvalue weighted by Crippen LogP contribution is -2.39. The molecule has 112 valence electrons. The molecule has 1 atom stereocenters. The molecule has 2 rings (SSSR count). The fraction of sp³-hybridized carbons (Fsp3) is 0.625. The quantitative estimate of drug-likeness (QED) is 0.791. The van der Waals surface area contributed by atoms with Gasteiger partial charge in [-0.3, -0.25) is 4.90 Å². The second-order valence-corrected chi connectivity index (χ2v) is 6.45. The molecule has 0 radical (unpaired) electrons. The summed E-state index contributed by atoms with van der Waals surface area (Å²) in [4.78, 5) is 2.50. The first-order valence-corrected chi connectivity index (χ1v) is 8.32. The number of rotatable bonds is 6. The zero-order chi connectivity index (χ0) is 14.4. The molecule has 1 aliphatic rings. The predicted molar refractivity (Wildman–Crippen MR) is 87.6 cm³/mol. The van der Waals surface area contributed by atoms with Gasteiger partial charge in [-0.25, -0.2) is 0 Å². The van der Waals surface area contributed by atoms with Gasteiger partial charge in [-0.15, -0.1) is 0 Å². The normalized spacial score (nSPS) is 20.2. The van der Waals surface area contributed by atoms with E-state index in [9.17, 15) is 0 Å². The average molecular weight is 315 g/mol. The Balaban J connectivity index is 1.87. The molecule has 1 heterocycles. The Morgan fingerprint density at radius 3 is 3.00 bits per heavy atom. The number of halogens is 2. The fourth-order valence-electron chi connectivity index (χ4n) is 2.86. The first kappa shape index (κ1) is 16.1. The van der Waals surface area contributed by atoms with Crippen molar-refractivity contribution < 1.29 is 0 Å². The van der Waals surface area contributed by atoms with E-state index in [1.165, 1.54) is 19.3 Å². The summed E-state index contributed by atoms with van der Waals surface area (Å²) < 4.78 is 0. The standard InChI is InChI=1S/C16H24Cl2N2/c1-2-8-19-10-13-5-4-9-20(11-13)12-14-6-3-7-15(17)16(14)18/h3,6-7,13,19H,2,4-5,8-12H2,1H3. The summed E-state index contributed by atoms with van der Waals surface area (Å²) in [5.74, 6) is 0.758. The van der Waals surface area contributed by atoms with Gasteiger partial charge in [0.1, 0.15) is 0 Å². The highest BCUT2D eigenvalue weighted by Gasteiger charge is 2.20. The van der Waals surface area contributed by atoms with Crippen LogP contribution in [0, 0.1) is 5.92 Å². The maximum absolute atomic E-state index is 6.28. The summed E-state index contributed by atoms with van der Waals surface area (Å²) in [5.41, 5.74) is 1.14. The smallest absolute Gasteiger partial charge is 0.0637 e. The van der Waals surface area contributed by atoms with Gasteiger partial charge in [-0.1, -0.05) is 42.3 Å².